The fourth-order valence-corrected chi connectivity index (χ4v) is 4.81. The van der Waals surface area contributed by atoms with Crippen LogP contribution in [0.5, 0.6) is 0 Å². The number of nitrogens with zero attached hydrogens (tertiary/aromatic N) is 4. The Morgan fingerprint density at radius 2 is 1.84 bits per heavy atom. The Morgan fingerprint density at radius 3 is 2.53 bits per heavy atom. The molecule has 1 atom stereocenters. The minimum Gasteiger partial charge on any atom is -0.379 e. The highest BCUT2D eigenvalue weighted by Crippen LogP contribution is 2.26. The predicted molar refractivity (Wildman–Crippen MR) is 126 cm³/mol. The van der Waals surface area contributed by atoms with Gasteiger partial charge >= 0.3 is 0 Å². The van der Waals surface area contributed by atoms with Crippen LogP contribution in [-0.2, 0) is 16.0 Å². The first kappa shape index (κ1) is 22.9. The molecular weight excluding hydrogens is 400 g/mol. The van der Waals surface area contributed by atoms with Crippen molar-refractivity contribution in [3.63, 3.8) is 0 Å². The highest BCUT2D eigenvalue weighted by Gasteiger charge is 2.33. The van der Waals surface area contributed by atoms with E-state index in [2.05, 4.69) is 51.0 Å². The van der Waals surface area contributed by atoms with E-state index in [4.69, 9.17) is 4.74 Å². The monoisotopic (exact) mass is 436 g/mol. The van der Waals surface area contributed by atoms with Crippen LogP contribution in [0.1, 0.15) is 30.0 Å². The van der Waals surface area contributed by atoms with Crippen LogP contribution in [0.2, 0.25) is 0 Å². The van der Waals surface area contributed by atoms with E-state index >= 15 is 0 Å². The molecule has 0 aliphatic carbocycles. The van der Waals surface area contributed by atoms with Gasteiger partial charge in [0.2, 0.25) is 5.91 Å². The molecule has 4 rings (SSSR count). The van der Waals surface area contributed by atoms with Gasteiger partial charge < -0.3 is 14.5 Å². The van der Waals surface area contributed by atoms with Crippen molar-refractivity contribution in [2.75, 3.05) is 59.5 Å². The first-order valence-corrected chi connectivity index (χ1v) is 11.9. The van der Waals surface area contributed by atoms with Gasteiger partial charge in [0.15, 0.2) is 0 Å². The van der Waals surface area contributed by atoms with Crippen molar-refractivity contribution in [1.82, 2.24) is 19.7 Å². The molecule has 2 aromatic rings. The number of hydrogen-bond donors (Lipinski definition) is 0. The molecule has 2 aliphatic rings. The number of benzene rings is 1. The lowest BCUT2D eigenvalue weighted by atomic mass is 9.95. The van der Waals surface area contributed by atoms with Crippen LogP contribution in [0.4, 0.5) is 0 Å². The Kier molecular flexibility index (Phi) is 8.26. The average molecular weight is 437 g/mol. The summed E-state index contributed by atoms with van der Waals surface area (Å²) in [5.74, 6) is 0.764. The smallest absolute Gasteiger partial charge is 0.244 e. The van der Waals surface area contributed by atoms with Crippen molar-refractivity contribution in [2.45, 2.75) is 25.3 Å². The van der Waals surface area contributed by atoms with Crippen molar-refractivity contribution >= 4 is 5.91 Å². The Morgan fingerprint density at radius 1 is 1.09 bits per heavy atom. The zero-order chi connectivity index (χ0) is 22.2. The van der Waals surface area contributed by atoms with Gasteiger partial charge in [0.1, 0.15) is 6.04 Å². The number of piperidine rings is 1. The fourth-order valence-electron chi connectivity index (χ4n) is 4.81. The second-order valence-electron chi connectivity index (χ2n) is 9.10. The largest absolute Gasteiger partial charge is 0.379 e. The number of pyridine rings is 1. The number of carbonyl (C=O) groups is 1. The summed E-state index contributed by atoms with van der Waals surface area (Å²) in [4.78, 5) is 25.2. The van der Waals surface area contributed by atoms with Crippen LogP contribution in [0.3, 0.4) is 0 Å². The zero-order valence-corrected chi connectivity index (χ0v) is 19.2. The van der Waals surface area contributed by atoms with Crippen molar-refractivity contribution in [1.29, 1.82) is 0 Å². The first-order chi connectivity index (χ1) is 15.7. The lowest BCUT2D eigenvalue weighted by Gasteiger charge is -2.39. The molecule has 32 heavy (non-hydrogen) atoms. The van der Waals surface area contributed by atoms with Crippen LogP contribution in [0, 0.1) is 5.92 Å². The molecule has 0 saturated carbocycles. The van der Waals surface area contributed by atoms with Gasteiger partial charge in [0.25, 0.3) is 0 Å². The maximum Gasteiger partial charge on any atom is 0.244 e. The van der Waals surface area contributed by atoms with Gasteiger partial charge in [-0.2, -0.15) is 0 Å². The molecule has 6 nitrogen and oxygen atoms in total. The van der Waals surface area contributed by atoms with E-state index in [0.29, 0.717) is 19.1 Å². The van der Waals surface area contributed by atoms with Gasteiger partial charge in [0.05, 0.1) is 13.2 Å². The topological polar surface area (TPSA) is 48.9 Å². The second-order valence-corrected chi connectivity index (χ2v) is 9.10. The fraction of sp³-hybridized carbons (Fsp3) is 0.538. The molecule has 1 aromatic carbocycles. The maximum atomic E-state index is 14.1. The normalized spacial score (nSPS) is 19.5. The highest BCUT2D eigenvalue weighted by atomic mass is 16.5. The van der Waals surface area contributed by atoms with E-state index in [1.54, 1.807) is 6.20 Å². The molecule has 2 aliphatic heterocycles. The average Bonchev–Trinajstić information content (AvgIpc) is 2.85. The number of likely N-dealkylation sites (tertiary alicyclic amines) is 1. The third kappa shape index (κ3) is 6.15. The maximum absolute atomic E-state index is 14.1. The van der Waals surface area contributed by atoms with Crippen molar-refractivity contribution in [3.8, 4) is 0 Å². The lowest BCUT2D eigenvalue weighted by Crippen LogP contribution is -2.49. The Balaban J connectivity index is 1.55. The SMILES string of the molecule is CN1CCC(CN(CCc2ccccc2)C(=O)C(c2cccnc2)N2CCOCC2)CC1. The van der Waals surface area contributed by atoms with Gasteiger partial charge in [0, 0.05) is 38.6 Å². The number of hydrogen-bond acceptors (Lipinski definition) is 5. The Hall–Kier alpha value is -2.28. The van der Waals surface area contributed by atoms with Crippen LogP contribution in [-0.4, -0.2) is 85.1 Å². The summed E-state index contributed by atoms with van der Waals surface area (Å²) >= 11 is 0. The van der Waals surface area contributed by atoms with Crippen LogP contribution in [0.15, 0.2) is 54.9 Å². The number of rotatable bonds is 8. The van der Waals surface area contributed by atoms with Crippen LogP contribution in [0.25, 0.3) is 0 Å². The number of morpholine rings is 1. The zero-order valence-electron chi connectivity index (χ0n) is 19.2. The standard InChI is InChI=1S/C26H36N4O2/c1-28-13-9-23(10-14-28)21-30(15-11-22-6-3-2-4-7-22)26(31)25(24-8-5-12-27-20-24)29-16-18-32-19-17-29/h2-8,12,20,23,25H,9-11,13-19,21H2,1H3. The van der Waals surface area contributed by atoms with Gasteiger partial charge in [-0.1, -0.05) is 36.4 Å². The summed E-state index contributed by atoms with van der Waals surface area (Å²) in [5.41, 5.74) is 2.26. The summed E-state index contributed by atoms with van der Waals surface area (Å²) in [7, 11) is 2.19. The van der Waals surface area contributed by atoms with Crippen LogP contribution < -0.4 is 0 Å². The highest BCUT2D eigenvalue weighted by molar-refractivity contribution is 5.83. The predicted octanol–water partition coefficient (Wildman–Crippen LogP) is 2.87. The Labute approximate surface area is 192 Å². The van der Waals surface area contributed by atoms with E-state index in [1.807, 2.05) is 24.4 Å². The van der Waals surface area contributed by atoms with E-state index < -0.39 is 0 Å². The molecule has 0 radical (unpaired) electrons. The third-order valence-corrected chi connectivity index (χ3v) is 6.79. The molecule has 3 heterocycles. The van der Waals surface area contributed by atoms with Crippen molar-refractivity contribution < 1.29 is 9.53 Å². The van der Waals surface area contributed by atoms with Gasteiger partial charge in [-0.15, -0.1) is 0 Å². The Bertz CT molecular complexity index is 818. The van der Waals surface area contributed by atoms with Crippen LogP contribution >= 0.6 is 0 Å². The number of aromatic nitrogens is 1. The minimum absolute atomic E-state index is 0.203. The molecule has 1 aromatic heterocycles. The molecule has 172 valence electrons. The molecule has 0 bridgehead atoms. The van der Waals surface area contributed by atoms with Gasteiger partial charge in [-0.05, 0) is 62.5 Å². The number of carbonyl (C=O) groups excluding carboxylic acids is 1. The number of amides is 1. The summed E-state index contributed by atoms with van der Waals surface area (Å²) < 4.78 is 5.58. The second kappa shape index (κ2) is 11.5. The van der Waals surface area contributed by atoms with E-state index in [1.165, 1.54) is 5.56 Å². The summed E-state index contributed by atoms with van der Waals surface area (Å²) in [6.45, 7) is 6.68. The van der Waals surface area contributed by atoms with E-state index in [0.717, 1.165) is 64.1 Å². The summed E-state index contributed by atoms with van der Waals surface area (Å²) in [5, 5.41) is 0. The molecule has 0 N–H and O–H groups in total. The summed E-state index contributed by atoms with van der Waals surface area (Å²) in [6, 6.07) is 14.2. The van der Waals surface area contributed by atoms with Crippen molar-refractivity contribution in [3.05, 3.63) is 66.0 Å². The molecule has 0 spiro atoms. The van der Waals surface area contributed by atoms with E-state index in [-0.39, 0.29) is 11.9 Å². The van der Waals surface area contributed by atoms with E-state index in [9.17, 15) is 4.79 Å². The molecule has 2 fully saturated rings. The number of ether oxygens (including phenoxy) is 1. The van der Waals surface area contributed by atoms with Gasteiger partial charge in [-0.3, -0.25) is 14.7 Å². The minimum atomic E-state index is -0.297. The molecular formula is C26H36N4O2. The summed E-state index contributed by atoms with van der Waals surface area (Å²) in [6.07, 6.45) is 6.81. The molecule has 6 heteroatoms. The van der Waals surface area contributed by atoms with Crippen molar-refractivity contribution in [2.24, 2.45) is 5.92 Å². The lowest BCUT2D eigenvalue weighted by molar-refractivity contribution is -0.140. The molecule has 1 amide bonds. The molecule has 1 unspecified atom stereocenters. The third-order valence-electron chi connectivity index (χ3n) is 6.79. The quantitative estimate of drug-likeness (QED) is 0.637. The van der Waals surface area contributed by atoms with Gasteiger partial charge in [-0.25, -0.2) is 0 Å². The molecule has 2 saturated heterocycles. The first-order valence-electron chi connectivity index (χ1n) is 11.9.